The molecule has 0 saturated heterocycles. The summed E-state index contributed by atoms with van der Waals surface area (Å²) in [5, 5.41) is 0. The lowest BCUT2D eigenvalue weighted by molar-refractivity contribution is 0.0526. The summed E-state index contributed by atoms with van der Waals surface area (Å²) in [6.07, 6.45) is 0.761. The second kappa shape index (κ2) is 8.83. The Bertz CT molecular complexity index is 637. The normalized spacial score (nSPS) is 10.2. The average Bonchev–Trinajstić information content (AvgIpc) is 2.55. The van der Waals surface area contributed by atoms with Crippen LogP contribution in [-0.4, -0.2) is 25.8 Å². The lowest BCUT2D eigenvalue weighted by Crippen LogP contribution is -2.07. The van der Waals surface area contributed by atoms with Gasteiger partial charge in [0.05, 0.1) is 25.4 Å². The summed E-state index contributed by atoms with van der Waals surface area (Å²) in [5.74, 6) is 1.20. The number of aryl methyl sites for hydroxylation is 1. The van der Waals surface area contributed by atoms with E-state index in [-0.39, 0.29) is 5.97 Å². The minimum atomic E-state index is -0.333. The number of benzene rings is 2. The maximum absolute atomic E-state index is 11.7. The number of carbonyl (C=O) groups is 1. The third-order valence-corrected chi connectivity index (χ3v) is 3.16. The van der Waals surface area contributed by atoms with E-state index < -0.39 is 0 Å². The number of esters is 1. The lowest BCUT2D eigenvalue weighted by Gasteiger charge is -2.09. The first kappa shape index (κ1) is 16.9. The summed E-state index contributed by atoms with van der Waals surface area (Å²) in [4.78, 5) is 11.7. The molecule has 0 aliphatic heterocycles. The van der Waals surface area contributed by atoms with Crippen molar-refractivity contribution in [2.24, 2.45) is 0 Å². The van der Waals surface area contributed by atoms with E-state index >= 15 is 0 Å². The van der Waals surface area contributed by atoms with Crippen LogP contribution in [0.4, 0.5) is 0 Å². The first-order chi connectivity index (χ1) is 11.2. The van der Waals surface area contributed by atoms with Crippen LogP contribution < -0.4 is 9.47 Å². The predicted octanol–water partition coefficient (Wildman–Crippen LogP) is 4.02. The topological polar surface area (TPSA) is 44.8 Å². The zero-order valence-corrected chi connectivity index (χ0v) is 13.6. The molecule has 0 N–H and O–H groups in total. The molecule has 23 heavy (non-hydrogen) atoms. The van der Waals surface area contributed by atoms with Crippen molar-refractivity contribution in [2.45, 2.75) is 20.3 Å². The van der Waals surface area contributed by atoms with Gasteiger partial charge in [-0.3, -0.25) is 0 Å². The second-order valence-corrected chi connectivity index (χ2v) is 5.12. The van der Waals surface area contributed by atoms with Crippen LogP contribution in [0.5, 0.6) is 11.5 Å². The second-order valence-electron chi connectivity index (χ2n) is 5.12. The molecule has 0 aliphatic carbocycles. The van der Waals surface area contributed by atoms with E-state index in [1.165, 1.54) is 5.56 Å². The molecule has 4 heteroatoms. The van der Waals surface area contributed by atoms with Crippen molar-refractivity contribution in [3.63, 3.8) is 0 Å². The fourth-order valence-corrected chi connectivity index (χ4v) is 2.07. The smallest absolute Gasteiger partial charge is 0.338 e. The number of hydrogen-bond donors (Lipinski definition) is 0. The Hall–Kier alpha value is -2.49. The predicted molar refractivity (Wildman–Crippen MR) is 89.2 cm³/mol. The van der Waals surface area contributed by atoms with Gasteiger partial charge < -0.3 is 14.2 Å². The zero-order valence-electron chi connectivity index (χ0n) is 13.6. The first-order valence-electron chi connectivity index (χ1n) is 7.78. The molecule has 2 aromatic rings. The van der Waals surface area contributed by atoms with Crippen LogP contribution in [0.2, 0.25) is 0 Å². The van der Waals surface area contributed by atoms with Gasteiger partial charge in [0, 0.05) is 6.42 Å². The molecule has 0 aliphatic rings. The van der Waals surface area contributed by atoms with E-state index in [1.807, 2.05) is 37.3 Å². The summed E-state index contributed by atoms with van der Waals surface area (Å²) in [5.41, 5.74) is 1.68. The number of hydrogen-bond acceptors (Lipinski definition) is 4. The third kappa shape index (κ3) is 5.66. The van der Waals surface area contributed by atoms with E-state index in [9.17, 15) is 4.79 Å². The highest BCUT2D eigenvalue weighted by Gasteiger charge is 2.07. The largest absolute Gasteiger partial charge is 0.493 e. The maximum atomic E-state index is 11.7. The number of ether oxygens (including phenoxy) is 3. The highest BCUT2D eigenvalue weighted by molar-refractivity contribution is 5.89. The van der Waals surface area contributed by atoms with Gasteiger partial charge in [-0.15, -0.1) is 0 Å². The maximum Gasteiger partial charge on any atom is 0.338 e. The monoisotopic (exact) mass is 314 g/mol. The molecule has 2 aromatic carbocycles. The minimum absolute atomic E-state index is 0.333. The number of carbonyl (C=O) groups excluding carboxylic acids is 1. The van der Waals surface area contributed by atoms with Gasteiger partial charge in [0.1, 0.15) is 11.5 Å². The van der Waals surface area contributed by atoms with Crippen LogP contribution in [0.1, 0.15) is 29.3 Å². The Morgan fingerprint density at radius 1 is 0.957 bits per heavy atom. The highest BCUT2D eigenvalue weighted by Crippen LogP contribution is 2.15. The van der Waals surface area contributed by atoms with Crippen molar-refractivity contribution < 1.29 is 19.0 Å². The van der Waals surface area contributed by atoms with E-state index in [0.29, 0.717) is 31.1 Å². The Labute approximate surface area is 137 Å². The van der Waals surface area contributed by atoms with Crippen LogP contribution in [-0.2, 0) is 4.74 Å². The lowest BCUT2D eigenvalue weighted by atomic mass is 10.2. The van der Waals surface area contributed by atoms with Crippen molar-refractivity contribution in [3.8, 4) is 11.5 Å². The van der Waals surface area contributed by atoms with Crippen LogP contribution in [0.15, 0.2) is 48.5 Å². The molecule has 4 nitrogen and oxygen atoms in total. The van der Waals surface area contributed by atoms with Gasteiger partial charge >= 0.3 is 5.97 Å². The van der Waals surface area contributed by atoms with E-state index in [2.05, 4.69) is 0 Å². The first-order valence-corrected chi connectivity index (χ1v) is 7.78. The van der Waals surface area contributed by atoms with Gasteiger partial charge in [0.25, 0.3) is 0 Å². The summed E-state index contributed by atoms with van der Waals surface area (Å²) >= 11 is 0. The van der Waals surface area contributed by atoms with Crippen LogP contribution in [0.25, 0.3) is 0 Å². The molecular weight excluding hydrogens is 292 g/mol. The summed E-state index contributed by atoms with van der Waals surface area (Å²) in [6, 6.07) is 15.0. The molecular formula is C19H22O4. The highest BCUT2D eigenvalue weighted by atomic mass is 16.5. The Morgan fingerprint density at radius 3 is 2.26 bits per heavy atom. The molecule has 0 radical (unpaired) electrons. The van der Waals surface area contributed by atoms with Gasteiger partial charge in [0.2, 0.25) is 0 Å². The van der Waals surface area contributed by atoms with Crippen molar-refractivity contribution in [1.29, 1.82) is 0 Å². The molecule has 0 atom stereocenters. The molecule has 0 fully saturated rings. The molecule has 0 amide bonds. The quantitative estimate of drug-likeness (QED) is 0.545. The third-order valence-electron chi connectivity index (χ3n) is 3.16. The van der Waals surface area contributed by atoms with Crippen LogP contribution >= 0.6 is 0 Å². The average molecular weight is 314 g/mol. The van der Waals surface area contributed by atoms with Crippen molar-refractivity contribution >= 4 is 5.97 Å². The molecule has 0 heterocycles. The SMILES string of the molecule is CCOC(=O)c1cccc(OCCCOc2cccc(C)c2)c1. The van der Waals surface area contributed by atoms with Crippen molar-refractivity contribution in [1.82, 2.24) is 0 Å². The van der Waals surface area contributed by atoms with Gasteiger partial charge in [-0.2, -0.15) is 0 Å². The van der Waals surface area contributed by atoms with E-state index in [1.54, 1.807) is 25.1 Å². The molecule has 0 aromatic heterocycles. The molecule has 0 saturated carbocycles. The Morgan fingerprint density at radius 2 is 1.61 bits per heavy atom. The van der Waals surface area contributed by atoms with Crippen LogP contribution in [0, 0.1) is 6.92 Å². The van der Waals surface area contributed by atoms with Gasteiger partial charge in [-0.1, -0.05) is 18.2 Å². The summed E-state index contributed by atoms with van der Waals surface area (Å²) < 4.78 is 16.3. The van der Waals surface area contributed by atoms with Crippen LogP contribution in [0.3, 0.4) is 0 Å². The summed E-state index contributed by atoms with van der Waals surface area (Å²) in [6.45, 7) is 5.29. The fourth-order valence-electron chi connectivity index (χ4n) is 2.07. The molecule has 0 unspecified atom stereocenters. The minimum Gasteiger partial charge on any atom is -0.493 e. The Kier molecular flexibility index (Phi) is 6.48. The van der Waals surface area contributed by atoms with E-state index in [0.717, 1.165) is 12.2 Å². The molecule has 0 spiro atoms. The van der Waals surface area contributed by atoms with Crippen molar-refractivity contribution in [2.75, 3.05) is 19.8 Å². The molecule has 0 bridgehead atoms. The van der Waals surface area contributed by atoms with Crippen molar-refractivity contribution in [3.05, 3.63) is 59.7 Å². The zero-order chi connectivity index (χ0) is 16.5. The molecule has 2 rings (SSSR count). The van der Waals surface area contributed by atoms with Gasteiger partial charge in [-0.25, -0.2) is 4.79 Å². The van der Waals surface area contributed by atoms with Gasteiger partial charge in [-0.05, 0) is 49.7 Å². The fraction of sp³-hybridized carbons (Fsp3) is 0.316. The standard InChI is InChI=1S/C19H22O4/c1-3-21-19(20)16-8-5-10-18(14-16)23-12-6-11-22-17-9-4-7-15(2)13-17/h4-5,7-10,13-14H,3,6,11-12H2,1-2H3. The molecule has 122 valence electrons. The van der Waals surface area contributed by atoms with E-state index in [4.69, 9.17) is 14.2 Å². The summed E-state index contributed by atoms with van der Waals surface area (Å²) in [7, 11) is 0. The number of rotatable bonds is 8. The Balaban J connectivity index is 1.74. The van der Waals surface area contributed by atoms with Gasteiger partial charge in [0.15, 0.2) is 0 Å².